The van der Waals surface area contributed by atoms with Crippen molar-refractivity contribution in [3.63, 3.8) is 0 Å². The molecular weight excluding hydrogens is 280 g/mol. The van der Waals surface area contributed by atoms with Crippen LogP contribution in [0.25, 0.3) is 0 Å². The molecule has 0 amide bonds. The molecule has 0 fully saturated rings. The molecule has 1 unspecified atom stereocenters. The number of anilines is 1. The Hall–Kier alpha value is -1.60. The highest BCUT2D eigenvalue weighted by molar-refractivity contribution is 7.89. The zero-order valence-corrected chi connectivity index (χ0v) is 12.8. The van der Waals surface area contributed by atoms with E-state index in [2.05, 4.69) is 9.46 Å². The van der Waals surface area contributed by atoms with Gasteiger partial charge in [-0.05, 0) is 24.5 Å². The summed E-state index contributed by atoms with van der Waals surface area (Å²) in [7, 11) is -2.68. The summed E-state index contributed by atoms with van der Waals surface area (Å²) in [4.78, 5) is 11.6. The van der Waals surface area contributed by atoms with Crippen LogP contribution >= 0.6 is 0 Å². The maximum atomic E-state index is 12.4. The van der Waals surface area contributed by atoms with Crippen molar-refractivity contribution in [1.29, 1.82) is 0 Å². The summed E-state index contributed by atoms with van der Waals surface area (Å²) in [6.45, 7) is 5.10. The molecule has 1 rings (SSSR count). The summed E-state index contributed by atoms with van der Waals surface area (Å²) in [5, 5.41) is 0. The Morgan fingerprint density at radius 2 is 1.95 bits per heavy atom. The van der Waals surface area contributed by atoms with Crippen LogP contribution in [0.3, 0.4) is 0 Å². The van der Waals surface area contributed by atoms with Gasteiger partial charge >= 0.3 is 5.97 Å². The van der Waals surface area contributed by atoms with Gasteiger partial charge in [0.15, 0.2) is 0 Å². The van der Waals surface area contributed by atoms with E-state index in [-0.39, 0.29) is 16.5 Å². The van der Waals surface area contributed by atoms with Crippen LogP contribution in [-0.2, 0) is 19.6 Å². The average molecular weight is 300 g/mol. The van der Waals surface area contributed by atoms with Gasteiger partial charge in [-0.2, -0.15) is 4.72 Å². The fraction of sp³-hybridized carbons (Fsp3) is 0.462. The molecule has 1 atom stereocenters. The summed E-state index contributed by atoms with van der Waals surface area (Å²) in [6, 6.07) is 3.87. The molecule has 0 saturated carbocycles. The number of carbonyl (C=O) groups is 1. The van der Waals surface area contributed by atoms with E-state index in [1.54, 1.807) is 32.9 Å². The second-order valence-corrected chi connectivity index (χ2v) is 6.51. The Kier molecular flexibility index (Phi) is 5.13. The van der Waals surface area contributed by atoms with E-state index >= 15 is 0 Å². The van der Waals surface area contributed by atoms with E-state index in [9.17, 15) is 13.2 Å². The van der Waals surface area contributed by atoms with E-state index in [0.717, 1.165) is 0 Å². The van der Waals surface area contributed by atoms with Gasteiger partial charge in [-0.15, -0.1) is 0 Å². The molecule has 6 nitrogen and oxygen atoms in total. The minimum atomic E-state index is -3.90. The number of methoxy groups -OCH3 is 1. The summed E-state index contributed by atoms with van der Waals surface area (Å²) in [6.07, 6.45) is 0. The van der Waals surface area contributed by atoms with Crippen LogP contribution in [0.15, 0.2) is 23.1 Å². The lowest BCUT2D eigenvalue weighted by Gasteiger charge is -2.21. The lowest BCUT2D eigenvalue weighted by molar-refractivity contribution is -0.143. The van der Waals surface area contributed by atoms with Crippen LogP contribution in [0.5, 0.6) is 0 Å². The van der Waals surface area contributed by atoms with Crippen LogP contribution in [0.4, 0.5) is 5.69 Å². The number of nitrogen functional groups attached to an aromatic ring is 1. The quantitative estimate of drug-likeness (QED) is 0.625. The predicted octanol–water partition coefficient (Wildman–Crippen LogP) is 1.05. The number of aryl methyl sites for hydroxylation is 1. The number of hydrogen-bond donors (Lipinski definition) is 2. The summed E-state index contributed by atoms with van der Waals surface area (Å²) >= 11 is 0. The van der Waals surface area contributed by atoms with Crippen LogP contribution in [0, 0.1) is 12.8 Å². The smallest absolute Gasteiger partial charge is 0.324 e. The Bertz CT molecular complexity index is 576. The minimum absolute atomic E-state index is 0.00504. The maximum Gasteiger partial charge on any atom is 0.324 e. The second-order valence-electron chi connectivity index (χ2n) is 4.86. The Balaban J connectivity index is 3.20. The zero-order valence-electron chi connectivity index (χ0n) is 12.0. The van der Waals surface area contributed by atoms with Crippen molar-refractivity contribution < 1.29 is 17.9 Å². The van der Waals surface area contributed by atoms with Gasteiger partial charge in [-0.3, -0.25) is 4.79 Å². The molecule has 0 aliphatic rings. The largest absolute Gasteiger partial charge is 0.468 e. The van der Waals surface area contributed by atoms with E-state index < -0.39 is 22.0 Å². The molecule has 0 saturated heterocycles. The van der Waals surface area contributed by atoms with E-state index in [1.165, 1.54) is 13.2 Å². The molecule has 1 aromatic carbocycles. The molecule has 112 valence electrons. The SMILES string of the molecule is COC(=O)C(NS(=O)(=O)c1c(C)cccc1N)C(C)C. The van der Waals surface area contributed by atoms with Gasteiger partial charge in [0.2, 0.25) is 10.0 Å². The van der Waals surface area contributed by atoms with Crippen molar-refractivity contribution in [2.75, 3.05) is 12.8 Å². The van der Waals surface area contributed by atoms with Crippen LogP contribution < -0.4 is 10.5 Å². The Morgan fingerprint density at radius 1 is 1.35 bits per heavy atom. The van der Waals surface area contributed by atoms with Gasteiger partial charge in [0.1, 0.15) is 10.9 Å². The number of benzene rings is 1. The molecular formula is C13H20N2O4S. The lowest BCUT2D eigenvalue weighted by Crippen LogP contribution is -2.45. The molecule has 0 aromatic heterocycles. The molecule has 7 heteroatoms. The molecule has 0 aliphatic carbocycles. The van der Waals surface area contributed by atoms with E-state index in [1.807, 2.05) is 0 Å². The van der Waals surface area contributed by atoms with Gasteiger partial charge in [0.05, 0.1) is 12.8 Å². The number of nitrogens with two attached hydrogens (primary N) is 1. The highest BCUT2D eigenvalue weighted by atomic mass is 32.2. The third kappa shape index (κ3) is 3.49. The van der Waals surface area contributed by atoms with Crippen molar-refractivity contribution in [3.8, 4) is 0 Å². The number of nitrogens with one attached hydrogen (secondary N) is 1. The first-order valence-electron chi connectivity index (χ1n) is 6.16. The molecule has 0 heterocycles. The Labute approximate surface area is 119 Å². The normalized spacial score (nSPS) is 13.2. The third-order valence-corrected chi connectivity index (χ3v) is 4.57. The van der Waals surface area contributed by atoms with Crippen LogP contribution in [0.2, 0.25) is 0 Å². The third-order valence-electron chi connectivity index (χ3n) is 2.91. The number of carbonyl (C=O) groups excluding carboxylic acids is 1. The van der Waals surface area contributed by atoms with Crippen molar-refractivity contribution in [1.82, 2.24) is 4.72 Å². The highest BCUT2D eigenvalue weighted by Crippen LogP contribution is 2.23. The van der Waals surface area contributed by atoms with Crippen molar-refractivity contribution >= 4 is 21.7 Å². The first kappa shape index (κ1) is 16.5. The standard InChI is InChI=1S/C13H20N2O4S/c1-8(2)11(13(16)19-4)15-20(17,18)12-9(3)6-5-7-10(12)14/h5-8,11,15H,14H2,1-4H3. The second kappa shape index (κ2) is 6.23. The molecule has 0 aliphatic heterocycles. The highest BCUT2D eigenvalue weighted by Gasteiger charge is 2.30. The van der Waals surface area contributed by atoms with Gasteiger partial charge in [-0.25, -0.2) is 8.42 Å². The predicted molar refractivity (Wildman–Crippen MR) is 76.6 cm³/mol. The lowest BCUT2D eigenvalue weighted by atomic mass is 10.1. The molecule has 0 bridgehead atoms. The molecule has 1 aromatic rings. The zero-order chi connectivity index (χ0) is 15.5. The van der Waals surface area contributed by atoms with Crippen molar-refractivity contribution in [3.05, 3.63) is 23.8 Å². The summed E-state index contributed by atoms with van der Waals surface area (Å²) < 4.78 is 31.8. The summed E-state index contributed by atoms with van der Waals surface area (Å²) in [5.74, 6) is -0.877. The molecule has 0 spiro atoms. The first-order valence-corrected chi connectivity index (χ1v) is 7.64. The van der Waals surface area contributed by atoms with E-state index in [4.69, 9.17) is 5.73 Å². The van der Waals surface area contributed by atoms with Crippen LogP contribution in [-0.4, -0.2) is 27.5 Å². The molecule has 0 radical (unpaired) electrons. The minimum Gasteiger partial charge on any atom is -0.468 e. The molecule has 20 heavy (non-hydrogen) atoms. The van der Waals surface area contributed by atoms with Crippen LogP contribution in [0.1, 0.15) is 19.4 Å². The monoisotopic (exact) mass is 300 g/mol. The molecule has 3 N–H and O–H groups in total. The fourth-order valence-corrected chi connectivity index (χ4v) is 3.54. The van der Waals surface area contributed by atoms with Gasteiger partial charge in [-0.1, -0.05) is 26.0 Å². The Morgan fingerprint density at radius 3 is 2.40 bits per heavy atom. The number of sulfonamides is 1. The number of rotatable bonds is 5. The number of ether oxygens (including phenoxy) is 1. The van der Waals surface area contributed by atoms with Gasteiger partial charge in [0.25, 0.3) is 0 Å². The number of esters is 1. The van der Waals surface area contributed by atoms with Crippen molar-refractivity contribution in [2.24, 2.45) is 5.92 Å². The maximum absolute atomic E-state index is 12.4. The summed E-state index contributed by atoms with van der Waals surface area (Å²) in [5.41, 5.74) is 6.39. The topological polar surface area (TPSA) is 98.5 Å². The van der Waals surface area contributed by atoms with E-state index in [0.29, 0.717) is 5.56 Å². The van der Waals surface area contributed by atoms with Crippen molar-refractivity contribution in [2.45, 2.75) is 31.7 Å². The number of hydrogen-bond acceptors (Lipinski definition) is 5. The average Bonchev–Trinajstić information content (AvgIpc) is 2.34. The fourth-order valence-electron chi connectivity index (χ4n) is 1.85. The van der Waals surface area contributed by atoms with Gasteiger partial charge < -0.3 is 10.5 Å². The van der Waals surface area contributed by atoms with Gasteiger partial charge in [0, 0.05) is 0 Å². The first-order chi connectivity index (χ1) is 9.20.